The quantitative estimate of drug-likeness (QED) is 0.412. The number of rotatable bonds is 6. The fourth-order valence-electron chi connectivity index (χ4n) is 5.38. The van der Waals surface area contributed by atoms with Crippen LogP contribution < -0.4 is 4.74 Å². The number of nitrogens with zero attached hydrogens (tertiary/aromatic N) is 1. The third-order valence-electron chi connectivity index (χ3n) is 8.01. The second-order valence-corrected chi connectivity index (χ2v) is 10.4. The first-order valence-corrected chi connectivity index (χ1v) is 12.3. The number of aliphatic carboxylic acids is 1. The van der Waals surface area contributed by atoms with E-state index in [4.69, 9.17) is 4.74 Å². The SMILES string of the molecule is C[C@H](C(=O)O)[C@@H](O)c1ccc2c(c1)OC1(CC2)CC(N(C)[C@H](C)c2cc(C(F)(F)F)ccc2C(F)(F)F)C1. The summed E-state index contributed by atoms with van der Waals surface area (Å²) >= 11 is 0. The molecule has 11 heteroatoms. The van der Waals surface area contributed by atoms with Crippen LogP contribution in [0.1, 0.15) is 73.1 Å². The molecule has 1 spiro atoms. The average molecular weight is 546 g/mol. The molecule has 0 unspecified atom stereocenters. The van der Waals surface area contributed by atoms with Gasteiger partial charge in [0.1, 0.15) is 11.4 Å². The van der Waals surface area contributed by atoms with E-state index in [2.05, 4.69) is 0 Å². The van der Waals surface area contributed by atoms with Crippen LogP contribution in [0.4, 0.5) is 26.3 Å². The summed E-state index contributed by atoms with van der Waals surface area (Å²) in [6.45, 7) is 2.86. The van der Waals surface area contributed by atoms with Crippen molar-refractivity contribution in [1.82, 2.24) is 4.90 Å². The Balaban J connectivity index is 1.51. The zero-order valence-electron chi connectivity index (χ0n) is 21.0. The molecule has 2 aromatic rings. The molecule has 5 nitrogen and oxygen atoms in total. The number of benzene rings is 2. The van der Waals surface area contributed by atoms with Crippen LogP contribution in [0.3, 0.4) is 0 Å². The molecule has 2 aromatic carbocycles. The smallest absolute Gasteiger partial charge is 0.416 e. The third-order valence-corrected chi connectivity index (χ3v) is 8.01. The van der Waals surface area contributed by atoms with E-state index >= 15 is 0 Å². The number of alkyl halides is 6. The summed E-state index contributed by atoms with van der Waals surface area (Å²) in [5, 5.41) is 19.6. The number of fused-ring (bicyclic) bond motifs is 1. The Hall–Kier alpha value is -2.79. The molecule has 1 aliphatic heterocycles. The predicted molar refractivity (Wildman–Crippen MR) is 126 cm³/mol. The minimum atomic E-state index is -4.80. The molecule has 1 heterocycles. The first kappa shape index (κ1) is 28.2. The third kappa shape index (κ3) is 5.36. The summed E-state index contributed by atoms with van der Waals surface area (Å²) in [7, 11) is 1.60. The van der Waals surface area contributed by atoms with Crippen molar-refractivity contribution in [3.63, 3.8) is 0 Å². The fraction of sp³-hybridized carbons (Fsp3) is 0.519. The van der Waals surface area contributed by atoms with Gasteiger partial charge in [-0.15, -0.1) is 0 Å². The number of ether oxygens (including phenoxy) is 1. The number of hydrogen-bond donors (Lipinski definition) is 2. The Bertz CT molecular complexity index is 1210. The molecule has 2 aliphatic rings. The summed E-state index contributed by atoms with van der Waals surface area (Å²) < 4.78 is 87.0. The molecular formula is C27H29F6NO4. The van der Waals surface area contributed by atoms with Gasteiger partial charge >= 0.3 is 18.3 Å². The molecule has 208 valence electrons. The Morgan fingerprint density at radius 1 is 1.05 bits per heavy atom. The van der Waals surface area contributed by atoms with Crippen molar-refractivity contribution in [3.05, 3.63) is 64.2 Å². The van der Waals surface area contributed by atoms with Crippen LogP contribution in [0.15, 0.2) is 36.4 Å². The molecule has 0 bridgehead atoms. The topological polar surface area (TPSA) is 70.0 Å². The van der Waals surface area contributed by atoms with Crippen molar-refractivity contribution in [3.8, 4) is 5.75 Å². The van der Waals surface area contributed by atoms with Gasteiger partial charge in [0.25, 0.3) is 0 Å². The lowest BCUT2D eigenvalue weighted by molar-refractivity contribution is -0.145. The van der Waals surface area contributed by atoms with E-state index in [1.807, 2.05) is 0 Å². The zero-order valence-corrected chi connectivity index (χ0v) is 21.0. The van der Waals surface area contributed by atoms with Crippen LogP contribution in [0, 0.1) is 5.92 Å². The number of halogens is 6. The van der Waals surface area contributed by atoms with Crippen molar-refractivity contribution in [2.75, 3.05) is 7.05 Å². The molecule has 0 saturated heterocycles. The number of hydrogen-bond acceptors (Lipinski definition) is 4. The minimum Gasteiger partial charge on any atom is -0.487 e. The lowest BCUT2D eigenvalue weighted by Crippen LogP contribution is -2.58. The Kier molecular flexibility index (Phi) is 7.24. The van der Waals surface area contributed by atoms with E-state index in [1.165, 1.54) is 13.8 Å². The van der Waals surface area contributed by atoms with Crippen molar-refractivity contribution in [2.45, 2.75) is 75.7 Å². The largest absolute Gasteiger partial charge is 0.487 e. The molecule has 4 rings (SSSR count). The average Bonchev–Trinajstić information content (AvgIpc) is 2.83. The van der Waals surface area contributed by atoms with Crippen LogP contribution in [-0.4, -0.2) is 39.8 Å². The van der Waals surface area contributed by atoms with E-state index in [0.717, 1.165) is 5.56 Å². The van der Waals surface area contributed by atoms with Gasteiger partial charge in [-0.3, -0.25) is 9.69 Å². The molecule has 0 amide bonds. The summed E-state index contributed by atoms with van der Waals surface area (Å²) in [5.74, 6) is -1.64. The van der Waals surface area contributed by atoms with E-state index < -0.39 is 58.7 Å². The maximum absolute atomic E-state index is 13.6. The molecule has 0 aromatic heterocycles. The van der Waals surface area contributed by atoms with E-state index in [-0.39, 0.29) is 6.04 Å². The molecule has 1 saturated carbocycles. The van der Waals surface area contributed by atoms with Gasteiger partial charge in [-0.05, 0) is 74.7 Å². The lowest BCUT2D eigenvalue weighted by atomic mass is 9.70. The summed E-state index contributed by atoms with van der Waals surface area (Å²) in [5.41, 5.74) is -1.94. The normalized spacial score (nSPS) is 23.8. The number of carboxylic acids is 1. The van der Waals surface area contributed by atoms with Gasteiger partial charge < -0.3 is 14.9 Å². The predicted octanol–water partition coefficient (Wildman–Crippen LogP) is 6.40. The van der Waals surface area contributed by atoms with E-state index in [0.29, 0.717) is 55.2 Å². The molecular weight excluding hydrogens is 516 g/mol. The second kappa shape index (κ2) is 9.75. The number of carbonyl (C=O) groups is 1. The van der Waals surface area contributed by atoms with Gasteiger partial charge in [0.05, 0.1) is 23.1 Å². The van der Waals surface area contributed by atoms with Gasteiger partial charge in [-0.25, -0.2) is 0 Å². The lowest BCUT2D eigenvalue weighted by Gasteiger charge is -2.53. The highest BCUT2D eigenvalue weighted by Gasteiger charge is 2.51. The number of aliphatic hydroxyl groups is 1. The summed E-state index contributed by atoms with van der Waals surface area (Å²) in [6.07, 6.45) is -8.54. The Labute approximate surface area is 216 Å². The molecule has 3 atom stereocenters. The van der Waals surface area contributed by atoms with Gasteiger partial charge in [0.15, 0.2) is 0 Å². The zero-order chi connectivity index (χ0) is 28.2. The number of carboxylic acid groups (broad SMARTS) is 1. The maximum atomic E-state index is 13.6. The minimum absolute atomic E-state index is 0.219. The summed E-state index contributed by atoms with van der Waals surface area (Å²) in [4.78, 5) is 12.9. The highest BCUT2D eigenvalue weighted by atomic mass is 19.4. The van der Waals surface area contributed by atoms with Crippen LogP contribution in [0.25, 0.3) is 0 Å². The molecule has 0 radical (unpaired) electrons. The van der Waals surface area contributed by atoms with Gasteiger partial charge in [0.2, 0.25) is 0 Å². The molecule has 1 aliphatic carbocycles. The Morgan fingerprint density at radius 2 is 1.71 bits per heavy atom. The van der Waals surface area contributed by atoms with Crippen LogP contribution >= 0.6 is 0 Å². The van der Waals surface area contributed by atoms with Crippen molar-refractivity contribution in [1.29, 1.82) is 0 Å². The number of aliphatic hydroxyl groups excluding tert-OH is 1. The van der Waals surface area contributed by atoms with Gasteiger partial charge in [0, 0.05) is 24.9 Å². The highest BCUT2D eigenvalue weighted by molar-refractivity contribution is 5.70. The van der Waals surface area contributed by atoms with Crippen LogP contribution in [-0.2, 0) is 23.6 Å². The molecule has 2 N–H and O–H groups in total. The first-order chi connectivity index (χ1) is 17.5. The fourth-order valence-corrected chi connectivity index (χ4v) is 5.38. The van der Waals surface area contributed by atoms with Crippen molar-refractivity contribution >= 4 is 5.97 Å². The Morgan fingerprint density at radius 3 is 2.29 bits per heavy atom. The number of aryl methyl sites for hydroxylation is 1. The second-order valence-electron chi connectivity index (χ2n) is 10.4. The van der Waals surface area contributed by atoms with E-state index in [1.54, 1.807) is 30.1 Å². The van der Waals surface area contributed by atoms with E-state index in [9.17, 15) is 41.4 Å². The standard InChI is InChI=1S/C27H29F6NO4/c1-14(24(36)37)23(35)17-5-4-16-8-9-25(38-22(16)10-17)12-19(13-25)34(3)15(2)20-11-18(26(28,29)30)6-7-21(20)27(31,32)33/h4-7,10-11,14-15,19,23,35H,8-9,12-13H2,1-3H3,(H,36,37)/t14-,15+,19?,23+,25?/m0/s1. The molecule has 38 heavy (non-hydrogen) atoms. The van der Waals surface area contributed by atoms with Crippen LogP contribution in [0.5, 0.6) is 5.75 Å². The maximum Gasteiger partial charge on any atom is 0.416 e. The summed E-state index contributed by atoms with van der Waals surface area (Å²) in [6, 6.07) is 5.43. The monoisotopic (exact) mass is 545 g/mol. The van der Waals surface area contributed by atoms with Crippen molar-refractivity contribution in [2.24, 2.45) is 5.92 Å². The van der Waals surface area contributed by atoms with Gasteiger partial charge in [-0.1, -0.05) is 12.1 Å². The molecule has 1 fully saturated rings. The van der Waals surface area contributed by atoms with Crippen molar-refractivity contribution < 1.29 is 46.1 Å². The highest BCUT2D eigenvalue weighted by Crippen LogP contribution is 2.49. The van der Waals surface area contributed by atoms with Crippen LogP contribution in [0.2, 0.25) is 0 Å². The van der Waals surface area contributed by atoms with Gasteiger partial charge in [-0.2, -0.15) is 26.3 Å². The first-order valence-electron chi connectivity index (χ1n) is 12.3.